The average Bonchev–Trinajstić information content (AvgIpc) is 2.45. The third kappa shape index (κ3) is 0.867. The van der Waals surface area contributed by atoms with Gasteiger partial charge < -0.3 is 5.11 Å². The minimum absolute atomic E-state index is 0.309. The van der Waals surface area contributed by atoms with Gasteiger partial charge >= 0.3 is 0 Å². The second-order valence-corrected chi connectivity index (χ2v) is 2.99. The van der Waals surface area contributed by atoms with Gasteiger partial charge in [-0.05, 0) is 11.4 Å². The standard InChI is InChI=1S/C7H4FNOS/c8-5-3-9-7-4(6(5)10)1-2-11-7/h1-3H,(H,9,10). The van der Waals surface area contributed by atoms with Crippen molar-refractivity contribution in [1.82, 2.24) is 4.98 Å². The highest BCUT2D eigenvalue weighted by molar-refractivity contribution is 7.16. The molecule has 2 aromatic heterocycles. The summed E-state index contributed by atoms with van der Waals surface area (Å²) in [5, 5.41) is 11.4. The fourth-order valence-corrected chi connectivity index (χ4v) is 1.62. The van der Waals surface area contributed by atoms with E-state index in [0.29, 0.717) is 10.2 Å². The van der Waals surface area contributed by atoms with Crippen LogP contribution >= 0.6 is 11.3 Å². The maximum atomic E-state index is 12.6. The van der Waals surface area contributed by atoms with Crippen LogP contribution in [0.5, 0.6) is 5.75 Å². The molecule has 0 amide bonds. The largest absolute Gasteiger partial charge is 0.504 e. The average molecular weight is 169 g/mol. The third-order valence-corrected chi connectivity index (χ3v) is 2.24. The quantitative estimate of drug-likeness (QED) is 0.655. The van der Waals surface area contributed by atoms with Gasteiger partial charge in [0, 0.05) is 0 Å². The third-order valence-electron chi connectivity index (χ3n) is 1.42. The Morgan fingerprint density at radius 2 is 2.36 bits per heavy atom. The lowest BCUT2D eigenvalue weighted by atomic mass is 10.3. The van der Waals surface area contributed by atoms with Gasteiger partial charge in [-0.2, -0.15) is 0 Å². The molecule has 0 bridgehead atoms. The molecule has 2 rings (SSSR count). The zero-order valence-electron chi connectivity index (χ0n) is 5.41. The maximum absolute atomic E-state index is 12.6. The molecule has 56 valence electrons. The van der Waals surface area contributed by atoms with Crippen molar-refractivity contribution in [2.45, 2.75) is 0 Å². The van der Waals surface area contributed by atoms with Gasteiger partial charge in [-0.15, -0.1) is 11.3 Å². The molecule has 0 radical (unpaired) electrons. The van der Waals surface area contributed by atoms with Crippen LogP contribution in [-0.2, 0) is 0 Å². The van der Waals surface area contributed by atoms with Gasteiger partial charge in [0.1, 0.15) is 4.83 Å². The zero-order valence-corrected chi connectivity index (χ0v) is 6.23. The highest BCUT2D eigenvalue weighted by atomic mass is 32.1. The maximum Gasteiger partial charge on any atom is 0.183 e. The van der Waals surface area contributed by atoms with Crippen molar-refractivity contribution in [3.63, 3.8) is 0 Å². The van der Waals surface area contributed by atoms with Crippen LogP contribution < -0.4 is 0 Å². The Balaban J connectivity index is 2.93. The number of nitrogens with zero attached hydrogens (tertiary/aromatic N) is 1. The van der Waals surface area contributed by atoms with E-state index in [1.807, 2.05) is 0 Å². The number of aromatic nitrogens is 1. The minimum atomic E-state index is -0.670. The molecule has 0 aliphatic carbocycles. The summed E-state index contributed by atoms with van der Waals surface area (Å²) in [6.07, 6.45) is 1.02. The van der Waals surface area contributed by atoms with E-state index in [0.717, 1.165) is 6.20 Å². The summed E-state index contributed by atoms with van der Waals surface area (Å²) < 4.78 is 12.6. The van der Waals surface area contributed by atoms with Gasteiger partial charge in [-0.25, -0.2) is 9.37 Å². The molecular formula is C7H4FNOS. The molecule has 2 heterocycles. The van der Waals surface area contributed by atoms with Crippen molar-refractivity contribution < 1.29 is 9.50 Å². The summed E-state index contributed by atoms with van der Waals surface area (Å²) >= 11 is 1.37. The van der Waals surface area contributed by atoms with E-state index in [-0.39, 0.29) is 5.75 Å². The molecule has 0 aromatic carbocycles. The number of thiophene rings is 1. The first-order chi connectivity index (χ1) is 5.29. The van der Waals surface area contributed by atoms with Gasteiger partial charge in [0.25, 0.3) is 0 Å². The number of rotatable bonds is 0. The van der Waals surface area contributed by atoms with Crippen molar-refractivity contribution in [3.05, 3.63) is 23.5 Å². The number of pyridine rings is 1. The Hall–Kier alpha value is -1.16. The monoisotopic (exact) mass is 169 g/mol. The van der Waals surface area contributed by atoms with Gasteiger partial charge in [-0.1, -0.05) is 0 Å². The highest BCUT2D eigenvalue weighted by Gasteiger charge is 2.06. The predicted molar refractivity (Wildman–Crippen MR) is 41.2 cm³/mol. The minimum Gasteiger partial charge on any atom is -0.504 e. The first kappa shape index (κ1) is 6.54. The lowest BCUT2D eigenvalue weighted by Crippen LogP contribution is -1.78. The molecular weight excluding hydrogens is 165 g/mol. The van der Waals surface area contributed by atoms with Crippen LogP contribution in [0, 0.1) is 5.82 Å². The molecule has 0 saturated carbocycles. The lowest BCUT2D eigenvalue weighted by molar-refractivity contribution is 0.437. The molecule has 0 fully saturated rings. The van der Waals surface area contributed by atoms with Crippen molar-refractivity contribution >= 4 is 21.6 Å². The summed E-state index contributed by atoms with van der Waals surface area (Å²) in [4.78, 5) is 4.44. The second-order valence-electron chi connectivity index (χ2n) is 2.09. The normalized spacial score (nSPS) is 10.6. The zero-order chi connectivity index (χ0) is 7.84. The summed E-state index contributed by atoms with van der Waals surface area (Å²) in [6, 6.07) is 1.64. The number of halogens is 1. The first-order valence-electron chi connectivity index (χ1n) is 2.99. The predicted octanol–water partition coefficient (Wildman–Crippen LogP) is 2.14. The van der Waals surface area contributed by atoms with Crippen LogP contribution in [0.3, 0.4) is 0 Å². The van der Waals surface area contributed by atoms with Crippen LogP contribution in [-0.4, -0.2) is 10.1 Å². The summed E-state index contributed by atoms with van der Waals surface area (Å²) in [5.41, 5.74) is 0. The topological polar surface area (TPSA) is 33.1 Å². The number of fused-ring (bicyclic) bond motifs is 1. The van der Waals surface area contributed by atoms with Crippen LogP contribution in [0.15, 0.2) is 17.6 Å². The van der Waals surface area contributed by atoms with Crippen LogP contribution in [0.4, 0.5) is 4.39 Å². The van der Waals surface area contributed by atoms with Crippen LogP contribution in [0.1, 0.15) is 0 Å². The van der Waals surface area contributed by atoms with E-state index in [9.17, 15) is 4.39 Å². The molecule has 4 heteroatoms. The SMILES string of the molecule is Oc1c(F)cnc2sccc12. The van der Waals surface area contributed by atoms with E-state index >= 15 is 0 Å². The van der Waals surface area contributed by atoms with Crippen molar-refractivity contribution in [2.75, 3.05) is 0 Å². The van der Waals surface area contributed by atoms with E-state index in [1.165, 1.54) is 11.3 Å². The summed E-state index contributed by atoms with van der Waals surface area (Å²) in [5.74, 6) is -0.979. The molecule has 0 unspecified atom stereocenters. The first-order valence-corrected chi connectivity index (χ1v) is 3.87. The lowest BCUT2D eigenvalue weighted by Gasteiger charge is -1.93. The molecule has 11 heavy (non-hydrogen) atoms. The molecule has 0 aliphatic heterocycles. The van der Waals surface area contributed by atoms with Gasteiger partial charge in [-0.3, -0.25) is 0 Å². The fraction of sp³-hybridized carbons (Fsp3) is 0. The number of aromatic hydroxyl groups is 1. The smallest absolute Gasteiger partial charge is 0.183 e. The Morgan fingerprint density at radius 3 is 3.18 bits per heavy atom. The number of hydrogen-bond donors (Lipinski definition) is 1. The van der Waals surface area contributed by atoms with Crippen LogP contribution in [0.2, 0.25) is 0 Å². The molecule has 2 aromatic rings. The molecule has 0 saturated heterocycles. The van der Waals surface area contributed by atoms with E-state index in [4.69, 9.17) is 5.11 Å². The molecule has 0 atom stereocenters. The number of hydrogen-bond acceptors (Lipinski definition) is 3. The summed E-state index contributed by atoms with van der Waals surface area (Å²) in [6.45, 7) is 0. The Kier molecular flexibility index (Phi) is 1.29. The van der Waals surface area contributed by atoms with Crippen LogP contribution in [0.25, 0.3) is 10.2 Å². The van der Waals surface area contributed by atoms with Gasteiger partial charge in [0.05, 0.1) is 11.6 Å². The fourth-order valence-electron chi connectivity index (χ4n) is 0.887. The van der Waals surface area contributed by atoms with Crippen molar-refractivity contribution in [1.29, 1.82) is 0 Å². The molecule has 0 spiro atoms. The Morgan fingerprint density at radius 1 is 1.55 bits per heavy atom. The Bertz CT molecular complexity index is 398. The molecule has 0 aliphatic rings. The van der Waals surface area contributed by atoms with E-state index in [2.05, 4.69) is 4.98 Å². The summed E-state index contributed by atoms with van der Waals surface area (Å²) in [7, 11) is 0. The highest BCUT2D eigenvalue weighted by Crippen LogP contribution is 2.28. The second kappa shape index (κ2) is 2.17. The van der Waals surface area contributed by atoms with Crippen molar-refractivity contribution in [3.8, 4) is 5.75 Å². The molecule has 2 nitrogen and oxygen atoms in total. The van der Waals surface area contributed by atoms with E-state index in [1.54, 1.807) is 11.4 Å². The van der Waals surface area contributed by atoms with E-state index < -0.39 is 5.82 Å². The van der Waals surface area contributed by atoms with Gasteiger partial charge in [0.15, 0.2) is 11.6 Å². The Labute approximate surface area is 65.9 Å². The molecule has 1 N–H and O–H groups in total. The van der Waals surface area contributed by atoms with Gasteiger partial charge in [0.2, 0.25) is 0 Å². The van der Waals surface area contributed by atoms with Crippen molar-refractivity contribution in [2.24, 2.45) is 0 Å².